The molecule has 3 aromatic heterocycles. The van der Waals surface area contributed by atoms with Gasteiger partial charge in [-0.05, 0) is 42.9 Å². The molecule has 38 heavy (non-hydrogen) atoms. The molecule has 0 bridgehead atoms. The number of likely N-dealkylation sites (tertiary alicyclic amines) is 1. The van der Waals surface area contributed by atoms with Crippen LogP contribution in [0.25, 0.3) is 21.9 Å². The van der Waals surface area contributed by atoms with E-state index < -0.39 is 6.09 Å². The van der Waals surface area contributed by atoms with Gasteiger partial charge in [0.05, 0.1) is 16.9 Å². The lowest BCUT2D eigenvalue weighted by Gasteiger charge is -2.38. The van der Waals surface area contributed by atoms with Crippen molar-refractivity contribution in [2.24, 2.45) is 11.8 Å². The highest BCUT2D eigenvalue weighted by molar-refractivity contribution is 6.09. The fourth-order valence-corrected chi connectivity index (χ4v) is 5.94. The maximum atomic E-state index is 12.6. The number of aromatic amines is 1. The van der Waals surface area contributed by atoms with E-state index in [1.165, 1.54) is 10.5 Å². The van der Waals surface area contributed by atoms with Crippen LogP contribution in [0.1, 0.15) is 64.5 Å². The van der Waals surface area contributed by atoms with Crippen LogP contribution in [-0.2, 0) is 6.54 Å². The van der Waals surface area contributed by atoms with Gasteiger partial charge in [0, 0.05) is 37.4 Å². The average Bonchev–Trinajstić information content (AvgIpc) is 3.55. The van der Waals surface area contributed by atoms with Gasteiger partial charge in [-0.1, -0.05) is 70.4 Å². The SMILES string of the molecule is CCCC[C@H](CC)CN(C(=O)O)c1[nH]n([C@H]2CN(Cc3ccccc3)CC[C@@H]2C)c2c1cnc1nccc12. The molecule has 5 rings (SSSR count). The molecule has 0 saturated carbocycles. The van der Waals surface area contributed by atoms with Crippen LogP contribution in [0.5, 0.6) is 0 Å². The largest absolute Gasteiger partial charge is 0.465 e. The molecule has 1 fully saturated rings. The van der Waals surface area contributed by atoms with E-state index in [9.17, 15) is 9.90 Å². The van der Waals surface area contributed by atoms with Gasteiger partial charge in [-0.2, -0.15) is 0 Å². The van der Waals surface area contributed by atoms with Crippen molar-refractivity contribution in [1.29, 1.82) is 0 Å². The van der Waals surface area contributed by atoms with Crippen molar-refractivity contribution in [2.75, 3.05) is 24.5 Å². The van der Waals surface area contributed by atoms with E-state index in [1.807, 2.05) is 6.07 Å². The number of amides is 1. The zero-order chi connectivity index (χ0) is 26.6. The van der Waals surface area contributed by atoms with Crippen LogP contribution in [0.2, 0.25) is 0 Å². The second-order valence-corrected chi connectivity index (χ2v) is 10.9. The van der Waals surface area contributed by atoms with Crippen molar-refractivity contribution in [3.8, 4) is 0 Å². The number of nitrogens with one attached hydrogen (secondary N) is 1. The van der Waals surface area contributed by atoms with Crippen LogP contribution in [-0.4, -0.2) is 55.5 Å². The number of piperidine rings is 1. The third-order valence-corrected chi connectivity index (χ3v) is 8.30. The summed E-state index contributed by atoms with van der Waals surface area (Å²) in [6, 6.07) is 12.8. The van der Waals surface area contributed by atoms with Crippen LogP contribution in [0.4, 0.5) is 10.6 Å². The number of benzene rings is 1. The first-order chi connectivity index (χ1) is 18.5. The Morgan fingerprint density at radius 3 is 2.74 bits per heavy atom. The van der Waals surface area contributed by atoms with Gasteiger partial charge in [0.2, 0.25) is 0 Å². The van der Waals surface area contributed by atoms with Crippen LogP contribution in [0, 0.1) is 11.8 Å². The molecule has 1 saturated heterocycles. The Kier molecular flexibility index (Phi) is 7.98. The minimum Gasteiger partial charge on any atom is -0.465 e. The Bertz CT molecular complexity index is 1360. The highest BCUT2D eigenvalue weighted by Gasteiger charge is 2.32. The summed E-state index contributed by atoms with van der Waals surface area (Å²) < 4.78 is 2.22. The van der Waals surface area contributed by atoms with Crippen molar-refractivity contribution in [3.63, 3.8) is 0 Å². The standard InChI is InChI=1S/C30H40N6O2/c1-4-6-10-22(5-2)19-35(30(37)38)29-25-17-32-28-24(13-15-31-28)27(25)36(33-29)26-20-34(16-14-21(26)3)18-23-11-8-7-9-12-23/h7-9,11-13,15,17,21-22,26,33H,4-6,10,14,16,18-20H2,1-3H3,(H,37,38)/t21-,22-,26-/m0/s1. The number of anilines is 1. The first-order valence-corrected chi connectivity index (χ1v) is 14.1. The van der Waals surface area contributed by atoms with E-state index >= 15 is 0 Å². The first kappa shape index (κ1) is 26.2. The van der Waals surface area contributed by atoms with Gasteiger partial charge in [-0.25, -0.2) is 14.8 Å². The monoisotopic (exact) mass is 516 g/mol. The minimum absolute atomic E-state index is 0.168. The number of aromatic nitrogens is 4. The Labute approximate surface area is 224 Å². The fraction of sp³-hybridized carbons (Fsp3) is 0.500. The highest BCUT2D eigenvalue weighted by atomic mass is 16.4. The molecule has 0 radical (unpaired) electrons. The molecule has 1 aliphatic rings. The predicted octanol–water partition coefficient (Wildman–Crippen LogP) is 6.70. The third-order valence-electron chi connectivity index (χ3n) is 8.30. The number of rotatable bonds is 10. The summed E-state index contributed by atoms with van der Waals surface area (Å²) in [5.74, 6) is 1.36. The van der Waals surface area contributed by atoms with E-state index in [4.69, 9.17) is 0 Å². The smallest absolute Gasteiger partial charge is 0.413 e. The van der Waals surface area contributed by atoms with Crippen LogP contribution >= 0.6 is 0 Å². The second-order valence-electron chi connectivity index (χ2n) is 10.9. The Morgan fingerprint density at radius 2 is 2.00 bits per heavy atom. The van der Waals surface area contributed by atoms with Gasteiger partial charge in [0.25, 0.3) is 0 Å². The lowest BCUT2D eigenvalue weighted by Crippen LogP contribution is -2.41. The quantitative estimate of drug-likeness (QED) is 0.245. The topological polar surface area (TPSA) is 90.3 Å². The third kappa shape index (κ3) is 5.27. The van der Waals surface area contributed by atoms with Gasteiger partial charge in [0.1, 0.15) is 5.82 Å². The van der Waals surface area contributed by atoms with Gasteiger partial charge in [-0.15, -0.1) is 0 Å². The van der Waals surface area contributed by atoms with E-state index in [0.717, 1.165) is 68.0 Å². The molecular formula is C30H40N6O2. The summed E-state index contributed by atoms with van der Waals surface area (Å²) in [5, 5.41) is 15.8. The van der Waals surface area contributed by atoms with Crippen molar-refractivity contribution in [1.82, 2.24) is 24.6 Å². The number of carboxylic acid groups (broad SMARTS) is 1. The van der Waals surface area contributed by atoms with Crippen molar-refractivity contribution in [3.05, 3.63) is 54.4 Å². The zero-order valence-electron chi connectivity index (χ0n) is 22.8. The van der Waals surface area contributed by atoms with Gasteiger partial charge in [-0.3, -0.25) is 19.6 Å². The lowest BCUT2D eigenvalue weighted by atomic mass is 9.93. The molecule has 2 N–H and O–H groups in total. The van der Waals surface area contributed by atoms with Gasteiger partial charge < -0.3 is 5.11 Å². The van der Waals surface area contributed by atoms with E-state index in [0.29, 0.717) is 29.8 Å². The van der Waals surface area contributed by atoms with E-state index in [-0.39, 0.29) is 6.04 Å². The van der Waals surface area contributed by atoms with Crippen molar-refractivity contribution < 1.29 is 9.90 Å². The molecule has 1 aliphatic heterocycles. The molecule has 0 aliphatic carbocycles. The maximum Gasteiger partial charge on any atom is 0.413 e. The Hall–Kier alpha value is -3.39. The molecule has 0 unspecified atom stereocenters. The molecule has 202 valence electrons. The molecule has 1 amide bonds. The lowest BCUT2D eigenvalue weighted by molar-refractivity contribution is 0.122. The predicted molar refractivity (Wildman–Crippen MR) is 153 cm³/mol. The minimum atomic E-state index is -0.932. The molecule has 4 heterocycles. The molecule has 3 atom stereocenters. The maximum absolute atomic E-state index is 12.6. The number of carbonyl (C=O) groups is 1. The summed E-state index contributed by atoms with van der Waals surface area (Å²) in [5.41, 5.74) is 3.00. The van der Waals surface area contributed by atoms with Crippen LogP contribution < -0.4 is 4.90 Å². The first-order valence-electron chi connectivity index (χ1n) is 14.1. The summed E-state index contributed by atoms with van der Waals surface area (Å²) >= 11 is 0. The molecular weight excluding hydrogens is 476 g/mol. The highest BCUT2D eigenvalue weighted by Crippen LogP contribution is 2.37. The van der Waals surface area contributed by atoms with Crippen LogP contribution in [0.3, 0.4) is 0 Å². The van der Waals surface area contributed by atoms with Crippen LogP contribution in [0.15, 0.2) is 48.8 Å². The average molecular weight is 517 g/mol. The number of fused-ring (bicyclic) bond motifs is 3. The van der Waals surface area contributed by atoms with E-state index in [2.05, 4.69) is 75.8 Å². The Balaban J connectivity index is 1.56. The zero-order valence-corrected chi connectivity index (χ0v) is 22.8. The molecule has 0 spiro atoms. The number of hydrogen-bond acceptors (Lipinski definition) is 4. The molecule has 4 aromatic rings. The normalized spacial score (nSPS) is 19.2. The number of nitrogens with zero attached hydrogens (tertiary/aromatic N) is 5. The number of H-pyrrole nitrogens is 1. The number of hydrogen-bond donors (Lipinski definition) is 2. The molecule has 8 nitrogen and oxygen atoms in total. The van der Waals surface area contributed by atoms with Gasteiger partial charge >= 0.3 is 6.09 Å². The fourth-order valence-electron chi connectivity index (χ4n) is 5.94. The van der Waals surface area contributed by atoms with Crippen molar-refractivity contribution >= 4 is 33.8 Å². The summed E-state index contributed by atoms with van der Waals surface area (Å²) in [6.07, 6.45) is 7.92. The summed E-state index contributed by atoms with van der Waals surface area (Å²) in [7, 11) is 0. The second kappa shape index (κ2) is 11.6. The Morgan fingerprint density at radius 1 is 1.18 bits per heavy atom. The molecule has 1 aromatic carbocycles. The number of unbranched alkanes of at least 4 members (excludes halogenated alkanes) is 1. The molecule has 8 heteroatoms. The summed E-state index contributed by atoms with van der Waals surface area (Å²) in [6.45, 7) is 9.94. The summed E-state index contributed by atoms with van der Waals surface area (Å²) in [4.78, 5) is 25.7. The van der Waals surface area contributed by atoms with Gasteiger partial charge in [0.15, 0.2) is 5.65 Å². The van der Waals surface area contributed by atoms with E-state index in [1.54, 1.807) is 12.4 Å². The number of pyridine rings is 1. The van der Waals surface area contributed by atoms with Crippen molar-refractivity contribution in [2.45, 2.75) is 65.5 Å².